The van der Waals surface area contributed by atoms with E-state index in [2.05, 4.69) is 0 Å². The number of phenolic OH excluding ortho intramolecular Hbond substituents is 1. The summed E-state index contributed by atoms with van der Waals surface area (Å²) < 4.78 is 9.83. The first-order valence-corrected chi connectivity index (χ1v) is 8.46. The lowest BCUT2D eigenvalue weighted by Gasteiger charge is -2.02. The summed E-state index contributed by atoms with van der Waals surface area (Å²) in [6.45, 7) is 4.78. The van der Waals surface area contributed by atoms with E-state index in [1.165, 1.54) is 24.3 Å². The molecule has 140 valence electrons. The number of carbonyl (C=O) groups is 2. The highest BCUT2D eigenvalue weighted by molar-refractivity contribution is 5.90. The maximum atomic E-state index is 11.3. The summed E-state index contributed by atoms with van der Waals surface area (Å²) in [5.74, 6) is -0.490. The van der Waals surface area contributed by atoms with Crippen molar-refractivity contribution in [2.24, 2.45) is 0 Å². The summed E-state index contributed by atoms with van der Waals surface area (Å²) in [6.07, 6.45) is 1.64. The molecule has 3 N–H and O–H groups in total. The molecule has 2 rings (SSSR count). The van der Waals surface area contributed by atoms with Crippen molar-refractivity contribution in [1.29, 1.82) is 0 Å². The molecule has 6 nitrogen and oxygen atoms in total. The fourth-order valence-corrected chi connectivity index (χ4v) is 1.77. The number of anilines is 1. The van der Waals surface area contributed by atoms with Crippen LogP contribution in [-0.2, 0) is 9.47 Å². The van der Waals surface area contributed by atoms with Crippen LogP contribution in [0, 0.1) is 0 Å². The largest absolute Gasteiger partial charge is 0.508 e. The first-order chi connectivity index (χ1) is 12.5. The molecule has 0 saturated heterocycles. The van der Waals surface area contributed by atoms with Gasteiger partial charge in [0.05, 0.1) is 24.3 Å². The van der Waals surface area contributed by atoms with Gasteiger partial charge in [-0.1, -0.05) is 13.8 Å². The third-order valence-corrected chi connectivity index (χ3v) is 3.12. The first-order valence-electron chi connectivity index (χ1n) is 8.46. The molecule has 0 saturated carbocycles. The number of benzene rings is 2. The summed E-state index contributed by atoms with van der Waals surface area (Å²) in [5, 5.41) is 8.96. The highest BCUT2D eigenvalue weighted by Gasteiger charge is 2.05. The molecule has 2 aromatic rings. The Hall–Kier alpha value is -3.02. The molecule has 0 spiro atoms. The van der Waals surface area contributed by atoms with E-state index in [0.717, 1.165) is 12.8 Å². The molecular weight excluding hydrogens is 334 g/mol. The van der Waals surface area contributed by atoms with E-state index in [1.807, 2.05) is 13.8 Å². The Morgan fingerprint density at radius 1 is 0.808 bits per heavy atom. The number of rotatable bonds is 6. The Bertz CT molecular complexity index is 619. The lowest BCUT2D eigenvalue weighted by atomic mass is 10.2. The van der Waals surface area contributed by atoms with Crippen LogP contribution in [-0.4, -0.2) is 30.3 Å². The Morgan fingerprint density at radius 2 is 1.19 bits per heavy atom. The van der Waals surface area contributed by atoms with E-state index >= 15 is 0 Å². The van der Waals surface area contributed by atoms with Crippen LogP contribution in [0.15, 0.2) is 48.5 Å². The molecule has 26 heavy (non-hydrogen) atoms. The third kappa shape index (κ3) is 7.70. The highest BCUT2D eigenvalue weighted by atomic mass is 16.5. The monoisotopic (exact) mass is 359 g/mol. The van der Waals surface area contributed by atoms with Crippen LogP contribution in [0.25, 0.3) is 0 Å². The Morgan fingerprint density at radius 3 is 1.58 bits per heavy atom. The van der Waals surface area contributed by atoms with Crippen LogP contribution in [0.3, 0.4) is 0 Å². The molecule has 0 aromatic heterocycles. The van der Waals surface area contributed by atoms with E-state index in [1.54, 1.807) is 24.3 Å². The predicted octanol–water partition coefficient (Wildman–Crippen LogP) is 3.79. The van der Waals surface area contributed by atoms with Crippen molar-refractivity contribution in [3.63, 3.8) is 0 Å². The SMILES string of the molecule is CCCOC(=O)c1ccc(N)cc1.CCCOC(=O)c1ccc(O)cc1. The lowest BCUT2D eigenvalue weighted by Crippen LogP contribution is -2.05. The van der Waals surface area contributed by atoms with Crippen molar-refractivity contribution in [1.82, 2.24) is 0 Å². The van der Waals surface area contributed by atoms with E-state index < -0.39 is 0 Å². The molecule has 2 aromatic carbocycles. The predicted molar refractivity (Wildman–Crippen MR) is 100 cm³/mol. The zero-order valence-electron chi connectivity index (χ0n) is 15.1. The van der Waals surface area contributed by atoms with Gasteiger partial charge in [-0.3, -0.25) is 0 Å². The zero-order chi connectivity index (χ0) is 19.4. The van der Waals surface area contributed by atoms with Gasteiger partial charge in [0.2, 0.25) is 0 Å². The van der Waals surface area contributed by atoms with Gasteiger partial charge in [0, 0.05) is 5.69 Å². The molecule has 0 amide bonds. The minimum absolute atomic E-state index is 0.145. The van der Waals surface area contributed by atoms with Crippen molar-refractivity contribution in [3.8, 4) is 5.75 Å². The van der Waals surface area contributed by atoms with Crippen molar-refractivity contribution < 1.29 is 24.2 Å². The number of nitrogen functional groups attached to an aromatic ring is 1. The number of hydrogen-bond donors (Lipinski definition) is 2. The van der Waals surface area contributed by atoms with Gasteiger partial charge in [-0.15, -0.1) is 0 Å². The van der Waals surface area contributed by atoms with Gasteiger partial charge in [0.1, 0.15) is 5.75 Å². The van der Waals surface area contributed by atoms with Crippen molar-refractivity contribution in [2.75, 3.05) is 18.9 Å². The number of aromatic hydroxyl groups is 1. The summed E-state index contributed by atoms with van der Waals surface area (Å²) in [4.78, 5) is 22.5. The van der Waals surface area contributed by atoms with Crippen molar-refractivity contribution in [3.05, 3.63) is 59.7 Å². The maximum Gasteiger partial charge on any atom is 0.338 e. The van der Waals surface area contributed by atoms with Crippen LogP contribution < -0.4 is 5.73 Å². The Kier molecular flexibility index (Phi) is 9.31. The van der Waals surface area contributed by atoms with Gasteiger partial charge in [0.25, 0.3) is 0 Å². The van der Waals surface area contributed by atoms with Crippen LogP contribution in [0.5, 0.6) is 5.75 Å². The molecule has 0 atom stereocenters. The Labute approximate surface area is 153 Å². The zero-order valence-corrected chi connectivity index (χ0v) is 15.1. The van der Waals surface area contributed by atoms with Gasteiger partial charge in [-0.05, 0) is 61.4 Å². The quantitative estimate of drug-likeness (QED) is 0.601. The molecule has 0 radical (unpaired) electrons. The average molecular weight is 359 g/mol. The molecule has 0 bridgehead atoms. The second-order valence-corrected chi connectivity index (χ2v) is 5.44. The minimum atomic E-state index is -0.346. The summed E-state index contributed by atoms with van der Waals surface area (Å²) in [5.41, 5.74) is 7.13. The molecule has 0 aliphatic heterocycles. The average Bonchev–Trinajstić information content (AvgIpc) is 2.66. The van der Waals surface area contributed by atoms with Gasteiger partial charge in [-0.25, -0.2) is 9.59 Å². The van der Waals surface area contributed by atoms with Crippen molar-refractivity contribution in [2.45, 2.75) is 26.7 Å². The molecule has 0 heterocycles. The number of phenols is 1. The number of nitrogens with two attached hydrogens (primary N) is 1. The molecule has 6 heteroatoms. The van der Waals surface area contributed by atoms with Gasteiger partial charge in [-0.2, -0.15) is 0 Å². The number of esters is 2. The fourth-order valence-electron chi connectivity index (χ4n) is 1.77. The number of ether oxygens (including phenoxy) is 2. The van der Waals surface area contributed by atoms with E-state index in [-0.39, 0.29) is 17.7 Å². The summed E-state index contributed by atoms with van der Waals surface area (Å²) in [6, 6.07) is 12.7. The van der Waals surface area contributed by atoms with E-state index in [4.69, 9.17) is 20.3 Å². The van der Waals surface area contributed by atoms with Crippen LogP contribution in [0.1, 0.15) is 47.4 Å². The molecular formula is C20H25NO5. The molecule has 0 fully saturated rings. The van der Waals surface area contributed by atoms with Crippen molar-refractivity contribution >= 4 is 17.6 Å². The normalized spacial score (nSPS) is 9.62. The standard InChI is InChI=1S/C10H13NO2.C10H12O3/c2*1-2-7-13-10(12)8-3-5-9(11)6-4-8/h3-6H,2,7,11H2,1H3;3-6,11H,2,7H2,1H3. The van der Waals surface area contributed by atoms with E-state index in [9.17, 15) is 9.59 Å². The van der Waals surface area contributed by atoms with Crippen LogP contribution >= 0.6 is 0 Å². The van der Waals surface area contributed by atoms with Gasteiger partial charge >= 0.3 is 11.9 Å². The molecule has 0 aliphatic carbocycles. The molecule has 0 aliphatic rings. The van der Waals surface area contributed by atoms with E-state index in [0.29, 0.717) is 30.0 Å². The second kappa shape index (κ2) is 11.5. The number of hydrogen-bond acceptors (Lipinski definition) is 6. The smallest absolute Gasteiger partial charge is 0.338 e. The third-order valence-electron chi connectivity index (χ3n) is 3.12. The van der Waals surface area contributed by atoms with Crippen LogP contribution in [0.2, 0.25) is 0 Å². The Balaban J connectivity index is 0.000000260. The fraction of sp³-hybridized carbons (Fsp3) is 0.300. The second-order valence-electron chi connectivity index (χ2n) is 5.44. The lowest BCUT2D eigenvalue weighted by molar-refractivity contribution is 0.0496. The minimum Gasteiger partial charge on any atom is -0.508 e. The van der Waals surface area contributed by atoms with Gasteiger partial charge < -0.3 is 20.3 Å². The van der Waals surface area contributed by atoms with Gasteiger partial charge in [0.15, 0.2) is 0 Å². The summed E-state index contributed by atoms with van der Waals surface area (Å²) in [7, 11) is 0. The van der Waals surface area contributed by atoms with Crippen LogP contribution in [0.4, 0.5) is 5.69 Å². The maximum absolute atomic E-state index is 11.3. The summed E-state index contributed by atoms with van der Waals surface area (Å²) >= 11 is 0. The first kappa shape index (κ1) is 21.0. The number of carbonyl (C=O) groups excluding carboxylic acids is 2. The molecule has 0 unspecified atom stereocenters. The highest BCUT2D eigenvalue weighted by Crippen LogP contribution is 2.10. The topological polar surface area (TPSA) is 98.9 Å².